The van der Waals surface area contributed by atoms with Crippen molar-refractivity contribution in [1.29, 1.82) is 0 Å². The van der Waals surface area contributed by atoms with Crippen molar-refractivity contribution >= 4 is 17.3 Å². The zero-order valence-corrected chi connectivity index (χ0v) is 21.7. The van der Waals surface area contributed by atoms with Gasteiger partial charge in [-0.2, -0.15) is 5.10 Å². The van der Waals surface area contributed by atoms with Gasteiger partial charge in [0.15, 0.2) is 0 Å². The van der Waals surface area contributed by atoms with Gasteiger partial charge in [-0.15, -0.1) is 0 Å². The smallest absolute Gasteiger partial charge is 0.227 e. The third-order valence-corrected chi connectivity index (χ3v) is 7.18. The molecule has 1 saturated heterocycles. The molecule has 0 atom stereocenters. The number of aromatic nitrogens is 4. The van der Waals surface area contributed by atoms with Gasteiger partial charge in [0.05, 0.1) is 43.3 Å². The van der Waals surface area contributed by atoms with Crippen LogP contribution in [0.2, 0.25) is 0 Å². The average Bonchev–Trinajstić information content (AvgIpc) is 3.37. The Bertz CT molecular complexity index is 1350. The molecule has 0 saturated carbocycles. The highest BCUT2D eigenvalue weighted by Gasteiger charge is 2.24. The molecule has 0 bridgehead atoms. The molecule has 4 heterocycles. The van der Waals surface area contributed by atoms with Crippen LogP contribution in [0, 0.1) is 0 Å². The van der Waals surface area contributed by atoms with E-state index in [2.05, 4.69) is 56.5 Å². The van der Waals surface area contributed by atoms with E-state index in [-0.39, 0.29) is 0 Å². The predicted molar refractivity (Wildman–Crippen MR) is 149 cm³/mol. The fourth-order valence-electron chi connectivity index (χ4n) is 5.11. The lowest BCUT2D eigenvalue weighted by atomic mass is 10.0. The molecular formula is C29H33N7O2. The van der Waals surface area contributed by atoms with Crippen molar-refractivity contribution in [3.63, 3.8) is 0 Å². The number of benzene rings is 2. The van der Waals surface area contributed by atoms with E-state index in [1.807, 2.05) is 28.9 Å². The van der Waals surface area contributed by atoms with Crippen LogP contribution in [0.1, 0.15) is 5.69 Å². The number of methoxy groups -OCH3 is 1. The lowest BCUT2D eigenvalue weighted by Gasteiger charge is -2.36. The summed E-state index contributed by atoms with van der Waals surface area (Å²) in [6.07, 6.45) is 1.80. The molecule has 38 heavy (non-hydrogen) atoms. The minimum absolute atomic E-state index is 0.518. The van der Waals surface area contributed by atoms with E-state index < -0.39 is 0 Å². The third kappa shape index (κ3) is 5.26. The molecule has 2 aliphatic rings. The number of hydrogen-bond acceptors (Lipinski definition) is 8. The van der Waals surface area contributed by atoms with Gasteiger partial charge in [0.2, 0.25) is 5.95 Å². The molecule has 0 radical (unpaired) electrons. The maximum Gasteiger partial charge on any atom is 0.227 e. The van der Waals surface area contributed by atoms with Crippen molar-refractivity contribution < 1.29 is 9.47 Å². The number of fused-ring (bicyclic) bond motifs is 1. The molecule has 0 unspecified atom stereocenters. The zero-order valence-electron chi connectivity index (χ0n) is 21.7. The van der Waals surface area contributed by atoms with Crippen LogP contribution in [0.3, 0.4) is 0 Å². The zero-order chi connectivity index (χ0) is 25.7. The number of rotatable bonds is 8. The van der Waals surface area contributed by atoms with Gasteiger partial charge in [0, 0.05) is 63.0 Å². The number of anilines is 3. The summed E-state index contributed by atoms with van der Waals surface area (Å²) in [6, 6.07) is 20.7. The van der Waals surface area contributed by atoms with Gasteiger partial charge in [-0.1, -0.05) is 30.3 Å². The first kappa shape index (κ1) is 24.5. The van der Waals surface area contributed by atoms with E-state index in [1.165, 1.54) is 5.69 Å². The Balaban J connectivity index is 1.20. The van der Waals surface area contributed by atoms with E-state index in [4.69, 9.17) is 19.6 Å². The first-order valence-electron chi connectivity index (χ1n) is 13.2. The molecule has 2 aromatic carbocycles. The van der Waals surface area contributed by atoms with E-state index in [1.54, 1.807) is 13.3 Å². The van der Waals surface area contributed by atoms with Gasteiger partial charge >= 0.3 is 0 Å². The highest BCUT2D eigenvalue weighted by molar-refractivity contribution is 5.81. The van der Waals surface area contributed by atoms with Gasteiger partial charge in [-0.05, 0) is 30.3 Å². The monoisotopic (exact) mass is 511 g/mol. The fraction of sp³-hybridized carbons (Fsp3) is 0.345. The van der Waals surface area contributed by atoms with Crippen molar-refractivity contribution in [2.75, 3.05) is 63.3 Å². The van der Waals surface area contributed by atoms with Crippen molar-refractivity contribution in [2.24, 2.45) is 0 Å². The Labute approximate surface area is 223 Å². The summed E-state index contributed by atoms with van der Waals surface area (Å²) in [7, 11) is 1.76. The van der Waals surface area contributed by atoms with Gasteiger partial charge in [0.25, 0.3) is 0 Å². The van der Waals surface area contributed by atoms with Crippen LogP contribution in [0.15, 0.2) is 66.9 Å². The molecule has 4 aromatic rings. The quantitative estimate of drug-likeness (QED) is 0.380. The number of hydrogen-bond donors (Lipinski definition) is 1. The Morgan fingerprint density at radius 3 is 2.55 bits per heavy atom. The standard InChI is InChI=1S/C29H33N7O2/c1-37-19-17-34-13-15-35(16-14-34)24-9-7-23(8-10-24)31-29-30-12-11-25(32-29)27-26-21-38-20-18-36(26)33-28(27)22-5-3-2-4-6-22/h2-12H,13-21H2,1H3,(H,30,31,32). The Hall–Kier alpha value is -3.79. The van der Waals surface area contributed by atoms with Gasteiger partial charge in [-0.3, -0.25) is 9.58 Å². The summed E-state index contributed by atoms with van der Waals surface area (Å²) in [6.45, 7) is 7.85. The van der Waals surface area contributed by atoms with Crippen LogP contribution in [-0.2, 0) is 22.6 Å². The Morgan fingerprint density at radius 2 is 1.76 bits per heavy atom. The largest absolute Gasteiger partial charge is 0.383 e. The fourth-order valence-corrected chi connectivity index (χ4v) is 5.11. The van der Waals surface area contributed by atoms with Crippen molar-refractivity contribution in [3.05, 3.63) is 72.6 Å². The molecule has 9 heteroatoms. The van der Waals surface area contributed by atoms with Crippen LogP contribution in [-0.4, -0.2) is 77.7 Å². The van der Waals surface area contributed by atoms with Crippen LogP contribution in [0.4, 0.5) is 17.3 Å². The second kappa shape index (κ2) is 11.3. The molecule has 196 valence electrons. The van der Waals surface area contributed by atoms with Crippen LogP contribution in [0.25, 0.3) is 22.5 Å². The molecule has 2 aromatic heterocycles. The second-order valence-electron chi connectivity index (χ2n) is 9.57. The Kier molecular flexibility index (Phi) is 7.30. The molecule has 0 spiro atoms. The average molecular weight is 512 g/mol. The predicted octanol–water partition coefficient (Wildman–Crippen LogP) is 4.05. The number of ether oxygens (including phenoxy) is 2. The van der Waals surface area contributed by atoms with Crippen molar-refractivity contribution in [2.45, 2.75) is 13.2 Å². The maximum atomic E-state index is 5.79. The highest BCUT2D eigenvalue weighted by atomic mass is 16.5. The van der Waals surface area contributed by atoms with E-state index in [0.717, 1.165) is 79.8 Å². The van der Waals surface area contributed by atoms with Crippen LogP contribution < -0.4 is 10.2 Å². The molecule has 9 nitrogen and oxygen atoms in total. The topological polar surface area (TPSA) is 80.6 Å². The lowest BCUT2D eigenvalue weighted by molar-refractivity contribution is 0.0804. The van der Waals surface area contributed by atoms with E-state index in [0.29, 0.717) is 19.2 Å². The third-order valence-electron chi connectivity index (χ3n) is 7.18. The summed E-state index contributed by atoms with van der Waals surface area (Å²) in [4.78, 5) is 14.3. The maximum absolute atomic E-state index is 5.79. The SMILES string of the molecule is COCCN1CCN(c2ccc(Nc3nccc(-c4c(-c5ccccc5)nn5c4COCC5)n3)cc2)CC1. The summed E-state index contributed by atoms with van der Waals surface area (Å²) in [5.74, 6) is 0.553. The normalized spacial score (nSPS) is 15.9. The van der Waals surface area contributed by atoms with Gasteiger partial charge in [0.1, 0.15) is 5.69 Å². The minimum Gasteiger partial charge on any atom is -0.383 e. The van der Waals surface area contributed by atoms with Crippen LogP contribution in [0.5, 0.6) is 0 Å². The number of nitrogens with one attached hydrogen (secondary N) is 1. The lowest BCUT2D eigenvalue weighted by Crippen LogP contribution is -2.47. The molecule has 2 aliphatic heterocycles. The van der Waals surface area contributed by atoms with Crippen molar-refractivity contribution in [3.8, 4) is 22.5 Å². The molecule has 1 N–H and O–H groups in total. The second-order valence-corrected chi connectivity index (χ2v) is 9.57. The Morgan fingerprint density at radius 1 is 0.947 bits per heavy atom. The van der Waals surface area contributed by atoms with Crippen LogP contribution >= 0.6 is 0 Å². The van der Waals surface area contributed by atoms with Crippen molar-refractivity contribution in [1.82, 2.24) is 24.6 Å². The molecule has 0 amide bonds. The molecule has 6 rings (SSSR count). The van der Waals surface area contributed by atoms with Gasteiger partial charge < -0.3 is 19.7 Å². The summed E-state index contributed by atoms with van der Waals surface area (Å²) >= 11 is 0. The minimum atomic E-state index is 0.518. The summed E-state index contributed by atoms with van der Waals surface area (Å²) in [5.41, 5.74) is 7.04. The van der Waals surface area contributed by atoms with E-state index in [9.17, 15) is 0 Å². The number of nitrogens with zero attached hydrogens (tertiary/aromatic N) is 6. The number of piperazine rings is 1. The summed E-state index contributed by atoms with van der Waals surface area (Å²) in [5, 5.41) is 8.31. The first-order valence-corrected chi connectivity index (χ1v) is 13.2. The van der Waals surface area contributed by atoms with Gasteiger partial charge in [-0.25, -0.2) is 9.97 Å². The molecule has 0 aliphatic carbocycles. The van der Waals surface area contributed by atoms with E-state index >= 15 is 0 Å². The first-order chi connectivity index (χ1) is 18.8. The highest BCUT2D eigenvalue weighted by Crippen LogP contribution is 2.35. The molecule has 1 fully saturated rings. The summed E-state index contributed by atoms with van der Waals surface area (Å²) < 4.78 is 13.0. The molecular weight excluding hydrogens is 478 g/mol.